The van der Waals surface area contributed by atoms with Crippen molar-refractivity contribution < 1.29 is 14.3 Å². The minimum absolute atomic E-state index is 0.00824. The van der Waals surface area contributed by atoms with Gasteiger partial charge in [-0.2, -0.15) is 0 Å². The number of pyridine rings is 1. The second-order valence-electron chi connectivity index (χ2n) is 8.03. The Labute approximate surface area is 171 Å². The molecule has 3 heterocycles. The number of benzene rings is 1. The summed E-state index contributed by atoms with van der Waals surface area (Å²) in [6, 6.07) is 13.8. The van der Waals surface area contributed by atoms with E-state index in [2.05, 4.69) is 17.1 Å². The molecule has 2 saturated heterocycles. The van der Waals surface area contributed by atoms with Crippen LogP contribution in [0.25, 0.3) is 0 Å². The summed E-state index contributed by atoms with van der Waals surface area (Å²) in [5.41, 5.74) is 2.00. The van der Waals surface area contributed by atoms with E-state index < -0.39 is 5.41 Å². The van der Waals surface area contributed by atoms with Gasteiger partial charge in [0.2, 0.25) is 5.91 Å². The molecule has 0 unspecified atom stereocenters. The van der Waals surface area contributed by atoms with Crippen LogP contribution in [0.15, 0.2) is 48.7 Å². The first-order chi connectivity index (χ1) is 14.0. The maximum atomic E-state index is 13.5. The average molecular weight is 393 g/mol. The lowest BCUT2D eigenvalue weighted by atomic mass is 9.73. The van der Waals surface area contributed by atoms with Crippen molar-refractivity contribution in [1.82, 2.24) is 14.8 Å². The molecule has 2 aliphatic rings. The van der Waals surface area contributed by atoms with E-state index in [-0.39, 0.29) is 17.7 Å². The lowest BCUT2D eigenvalue weighted by Gasteiger charge is -2.29. The number of ether oxygens (including phenoxy) is 1. The third kappa shape index (κ3) is 3.53. The number of aromatic nitrogens is 1. The van der Waals surface area contributed by atoms with Crippen molar-refractivity contribution >= 4 is 11.8 Å². The van der Waals surface area contributed by atoms with E-state index in [0.29, 0.717) is 38.3 Å². The number of carbonyl (C=O) groups excluding carboxylic acids is 2. The van der Waals surface area contributed by atoms with Crippen LogP contribution in [0.4, 0.5) is 0 Å². The van der Waals surface area contributed by atoms with E-state index in [1.54, 1.807) is 13.3 Å². The van der Waals surface area contributed by atoms with Crippen molar-refractivity contribution in [2.24, 2.45) is 5.41 Å². The average Bonchev–Trinajstić information content (AvgIpc) is 3.29. The fourth-order valence-electron chi connectivity index (χ4n) is 4.69. The van der Waals surface area contributed by atoms with E-state index in [9.17, 15) is 9.59 Å². The van der Waals surface area contributed by atoms with Gasteiger partial charge in [0.25, 0.3) is 5.91 Å². The summed E-state index contributed by atoms with van der Waals surface area (Å²) in [5, 5.41) is 0. The first-order valence-corrected chi connectivity index (χ1v) is 10.1. The van der Waals surface area contributed by atoms with Crippen molar-refractivity contribution in [1.29, 1.82) is 0 Å². The number of rotatable bonds is 5. The van der Waals surface area contributed by atoms with Crippen LogP contribution in [0.2, 0.25) is 0 Å². The zero-order valence-electron chi connectivity index (χ0n) is 17.0. The normalized spacial score (nSPS) is 23.9. The van der Waals surface area contributed by atoms with Crippen LogP contribution < -0.4 is 0 Å². The molecule has 0 saturated carbocycles. The molecule has 2 amide bonds. The number of nitrogens with zero attached hydrogens (tertiary/aromatic N) is 3. The molecule has 6 heteroatoms. The quantitative estimate of drug-likeness (QED) is 0.783. The van der Waals surface area contributed by atoms with Crippen LogP contribution in [0, 0.1) is 12.3 Å². The maximum absolute atomic E-state index is 13.5. The Bertz CT molecular complexity index is 884. The van der Waals surface area contributed by atoms with Crippen molar-refractivity contribution in [3.63, 3.8) is 0 Å². The van der Waals surface area contributed by atoms with Crippen molar-refractivity contribution in [2.45, 2.75) is 19.3 Å². The Kier molecular flexibility index (Phi) is 5.37. The van der Waals surface area contributed by atoms with E-state index in [1.807, 2.05) is 47.1 Å². The number of hydrogen-bond donors (Lipinski definition) is 0. The summed E-state index contributed by atoms with van der Waals surface area (Å²) in [5.74, 6) is 0.0743. The lowest BCUT2D eigenvalue weighted by molar-refractivity contribution is -0.136. The Hall–Kier alpha value is -2.73. The Balaban J connectivity index is 1.64. The number of aryl methyl sites for hydroxylation is 1. The van der Waals surface area contributed by atoms with Gasteiger partial charge in [0.15, 0.2) is 0 Å². The molecule has 152 valence electrons. The summed E-state index contributed by atoms with van der Waals surface area (Å²) in [4.78, 5) is 34.7. The highest BCUT2D eigenvalue weighted by Crippen LogP contribution is 2.50. The standard InChI is InChI=1S/C23H27N3O3/c1-17-8-9-19(14-24-17)21(27)26-15-20(18-6-4-3-5-7-18)23(16-26)10-11-25(22(23)28)12-13-29-2/h3-9,14,20H,10-13,15-16H2,1-2H3/t20-,23+/m1/s1. The van der Waals surface area contributed by atoms with E-state index in [1.165, 1.54) is 0 Å². The summed E-state index contributed by atoms with van der Waals surface area (Å²) in [6.07, 6.45) is 2.38. The van der Waals surface area contributed by atoms with Gasteiger partial charge in [-0.1, -0.05) is 30.3 Å². The number of hydrogen-bond acceptors (Lipinski definition) is 4. The highest BCUT2D eigenvalue weighted by Gasteiger charge is 2.57. The molecule has 6 nitrogen and oxygen atoms in total. The van der Waals surface area contributed by atoms with Crippen LogP contribution in [-0.2, 0) is 9.53 Å². The third-order valence-electron chi connectivity index (χ3n) is 6.30. The largest absolute Gasteiger partial charge is 0.383 e. The van der Waals surface area contributed by atoms with Crippen molar-refractivity contribution in [2.75, 3.05) is 39.9 Å². The molecule has 0 radical (unpaired) electrons. The van der Waals surface area contributed by atoms with Crippen LogP contribution in [0.3, 0.4) is 0 Å². The van der Waals surface area contributed by atoms with Crippen molar-refractivity contribution in [3.8, 4) is 0 Å². The van der Waals surface area contributed by atoms with Crippen LogP contribution in [0.1, 0.15) is 34.0 Å². The summed E-state index contributed by atoms with van der Waals surface area (Å²) in [7, 11) is 1.65. The molecule has 0 bridgehead atoms. The first kappa shape index (κ1) is 19.6. The highest BCUT2D eigenvalue weighted by atomic mass is 16.5. The van der Waals surface area contributed by atoms with Gasteiger partial charge in [-0.15, -0.1) is 0 Å². The molecule has 1 spiro atoms. The Morgan fingerprint density at radius 2 is 2.03 bits per heavy atom. The van der Waals surface area contributed by atoms with Crippen LogP contribution >= 0.6 is 0 Å². The minimum atomic E-state index is -0.567. The fraction of sp³-hybridized carbons (Fsp3) is 0.435. The maximum Gasteiger partial charge on any atom is 0.255 e. The summed E-state index contributed by atoms with van der Waals surface area (Å²) in [6.45, 7) is 4.71. The molecule has 2 atom stereocenters. The molecule has 0 N–H and O–H groups in total. The van der Waals surface area contributed by atoms with E-state index >= 15 is 0 Å². The topological polar surface area (TPSA) is 62.7 Å². The second kappa shape index (κ2) is 7.95. The molecule has 1 aromatic heterocycles. The van der Waals surface area contributed by atoms with Crippen LogP contribution in [-0.4, -0.2) is 66.5 Å². The monoisotopic (exact) mass is 393 g/mol. The van der Waals surface area contributed by atoms with Gasteiger partial charge in [-0.25, -0.2) is 0 Å². The molecule has 0 aliphatic carbocycles. The molecule has 29 heavy (non-hydrogen) atoms. The van der Waals surface area contributed by atoms with Gasteiger partial charge in [0.05, 0.1) is 17.6 Å². The zero-order chi connectivity index (χ0) is 20.4. The lowest BCUT2D eigenvalue weighted by Crippen LogP contribution is -2.41. The first-order valence-electron chi connectivity index (χ1n) is 10.1. The molecular weight excluding hydrogens is 366 g/mol. The highest BCUT2D eigenvalue weighted by molar-refractivity contribution is 5.96. The van der Waals surface area contributed by atoms with Gasteiger partial charge < -0.3 is 14.5 Å². The van der Waals surface area contributed by atoms with Crippen LogP contribution in [0.5, 0.6) is 0 Å². The second-order valence-corrected chi connectivity index (χ2v) is 8.03. The summed E-state index contributed by atoms with van der Waals surface area (Å²) < 4.78 is 5.18. The molecule has 4 rings (SSSR count). The Morgan fingerprint density at radius 1 is 1.24 bits per heavy atom. The smallest absolute Gasteiger partial charge is 0.255 e. The SMILES string of the molecule is COCCN1CC[C@@]2(CN(C(=O)c3ccc(C)nc3)C[C@@H]2c2ccccc2)C1=O. The molecule has 1 aromatic carbocycles. The van der Waals surface area contributed by atoms with E-state index in [4.69, 9.17) is 4.74 Å². The van der Waals surface area contributed by atoms with Gasteiger partial charge in [-0.3, -0.25) is 14.6 Å². The summed E-state index contributed by atoms with van der Waals surface area (Å²) >= 11 is 0. The van der Waals surface area contributed by atoms with Gasteiger partial charge >= 0.3 is 0 Å². The predicted molar refractivity (Wildman–Crippen MR) is 110 cm³/mol. The third-order valence-corrected chi connectivity index (χ3v) is 6.30. The number of amides is 2. The fourth-order valence-corrected chi connectivity index (χ4v) is 4.69. The predicted octanol–water partition coefficient (Wildman–Crippen LogP) is 2.49. The number of carbonyl (C=O) groups is 2. The van der Waals surface area contributed by atoms with Crippen molar-refractivity contribution in [3.05, 3.63) is 65.5 Å². The molecule has 2 aliphatic heterocycles. The van der Waals surface area contributed by atoms with E-state index in [0.717, 1.165) is 17.7 Å². The minimum Gasteiger partial charge on any atom is -0.383 e. The zero-order valence-corrected chi connectivity index (χ0v) is 17.0. The Morgan fingerprint density at radius 3 is 2.72 bits per heavy atom. The molecule has 2 aromatic rings. The molecule has 2 fully saturated rings. The molecular formula is C23H27N3O3. The number of methoxy groups -OCH3 is 1. The van der Waals surface area contributed by atoms with Gasteiger partial charge in [-0.05, 0) is 31.0 Å². The van der Waals surface area contributed by atoms with Gasteiger partial charge in [0.1, 0.15) is 0 Å². The van der Waals surface area contributed by atoms with Gasteiger partial charge in [0, 0.05) is 51.1 Å². The number of likely N-dealkylation sites (tertiary alicyclic amines) is 2.